The smallest absolute Gasteiger partial charge is 0.241 e. The molecule has 0 spiro atoms. The van der Waals surface area contributed by atoms with Gasteiger partial charge in [-0.15, -0.1) is 0 Å². The van der Waals surface area contributed by atoms with E-state index in [1.54, 1.807) is 26.2 Å². The van der Waals surface area contributed by atoms with Gasteiger partial charge in [0, 0.05) is 6.04 Å². The summed E-state index contributed by atoms with van der Waals surface area (Å²) in [5.74, 6) is 0.689. The van der Waals surface area contributed by atoms with Crippen LogP contribution >= 0.6 is 0 Å². The lowest BCUT2D eigenvalue weighted by molar-refractivity contribution is 0.411. The quantitative estimate of drug-likeness (QED) is 0.865. The van der Waals surface area contributed by atoms with Crippen LogP contribution in [0, 0.1) is 34.6 Å². The lowest BCUT2D eigenvalue weighted by atomic mass is 9.97. The SMILES string of the molecule is COc1cc(C)c(S(=O)(=O)N[C@H](C)c2cc(C)c(C)cc2C)cc1C. The molecule has 1 atom stereocenters. The van der Waals surface area contributed by atoms with Crippen molar-refractivity contribution in [1.82, 2.24) is 4.72 Å². The Morgan fingerprint density at radius 1 is 0.840 bits per heavy atom. The number of ether oxygens (including phenoxy) is 1. The summed E-state index contributed by atoms with van der Waals surface area (Å²) in [5, 5.41) is 0. The van der Waals surface area contributed by atoms with E-state index in [9.17, 15) is 8.42 Å². The molecule has 0 unspecified atom stereocenters. The summed E-state index contributed by atoms with van der Waals surface area (Å²) < 4.78 is 33.9. The number of methoxy groups -OCH3 is 1. The van der Waals surface area contributed by atoms with Gasteiger partial charge in [0.2, 0.25) is 10.0 Å². The summed E-state index contributed by atoms with van der Waals surface area (Å²) in [6.07, 6.45) is 0. The fourth-order valence-electron chi connectivity index (χ4n) is 3.08. The molecule has 5 heteroatoms. The highest BCUT2D eigenvalue weighted by molar-refractivity contribution is 7.89. The van der Waals surface area contributed by atoms with Crippen molar-refractivity contribution >= 4 is 10.0 Å². The second kappa shape index (κ2) is 7.18. The summed E-state index contributed by atoms with van der Waals surface area (Å²) in [7, 11) is -2.05. The fourth-order valence-corrected chi connectivity index (χ4v) is 4.62. The minimum Gasteiger partial charge on any atom is -0.496 e. The molecule has 136 valence electrons. The molecule has 2 aromatic carbocycles. The molecule has 0 aliphatic carbocycles. The molecule has 0 amide bonds. The maximum atomic E-state index is 12.9. The minimum absolute atomic E-state index is 0.291. The first-order valence-electron chi connectivity index (χ1n) is 8.32. The number of nitrogens with one attached hydrogen (secondary N) is 1. The molecule has 25 heavy (non-hydrogen) atoms. The fraction of sp³-hybridized carbons (Fsp3) is 0.400. The van der Waals surface area contributed by atoms with Crippen LogP contribution < -0.4 is 9.46 Å². The number of sulfonamides is 1. The van der Waals surface area contributed by atoms with E-state index in [2.05, 4.69) is 23.8 Å². The first-order valence-corrected chi connectivity index (χ1v) is 9.80. The Morgan fingerprint density at radius 2 is 1.44 bits per heavy atom. The van der Waals surface area contributed by atoms with Crippen LogP contribution in [0.2, 0.25) is 0 Å². The summed E-state index contributed by atoms with van der Waals surface area (Å²) >= 11 is 0. The molecule has 1 N–H and O–H groups in total. The molecule has 2 aromatic rings. The Morgan fingerprint density at radius 3 is 2.04 bits per heavy atom. The van der Waals surface area contributed by atoms with Crippen molar-refractivity contribution in [3.63, 3.8) is 0 Å². The molecular formula is C20H27NO3S. The lowest BCUT2D eigenvalue weighted by Gasteiger charge is -2.20. The van der Waals surface area contributed by atoms with Crippen LogP contribution in [0.4, 0.5) is 0 Å². The maximum absolute atomic E-state index is 12.9. The third kappa shape index (κ3) is 4.05. The van der Waals surface area contributed by atoms with Crippen molar-refractivity contribution in [2.24, 2.45) is 0 Å². The second-order valence-electron chi connectivity index (χ2n) is 6.72. The van der Waals surface area contributed by atoms with Crippen molar-refractivity contribution in [3.05, 3.63) is 57.6 Å². The average Bonchev–Trinajstić information content (AvgIpc) is 2.51. The van der Waals surface area contributed by atoms with E-state index in [1.165, 1.54) is 5.56 Å². The van der Waals surface area contributed by atoms with Gasteiger partial charge in [-0.2, -0.15) is 0 Å². The summed E-state index contributed by atoms with van der Waals surface area (Å²) in [6, 6.07) is 7.26. The van der Waals surface area contributed by atoms with Gasteiger partial charge in [0.1, 0.15) is 5.75 Å². The van der Waals surface area contributed by atoms with Crippen molar-refractivity contribution in [2.75, 3.05) is 7.11 Å². The zero-order valence-electron chi connectivity index (χ0n) is 16.0. The molecule has 0 aromatic heterocycles. The lowest BCUT2D eigenvalue weighted by Crippen LogP contribution is -2.28. The summed E-state index contributed by atoms with van der Waals surface area (Å²) in [4.78, 5) is 0.291. The topological polar surface area (TPSA) is 55.4 Å². The zero-order chi connectivity index (χ0) is 18.9. The van der Waals surface area contributed by atoms with Crippen LogP contribution in [0.1, 0.15) is 46.3 Å². The molecule has 0 radical (unpaired) electrons. The molecule has 0 aliphatic heterocycles. The Kier molecular flexibility index (Phi) is 5.59. The van der Waals surface area contributed by atoms with Crippen molar-refractivity contribution in [3.8, 4) is 5.75 Å². The van der Waals surface area contributed by atoms with Gasteiger partial charge in [0.25, 0.3) is 0 Å². The number of aryl methyl sites for hydroxylation is 5. The van der Waals surface area contributed by atoms with E-state index in [1.807, 2.05) is 27.7 Å². The molecule has 0 aliphatic rings. The van der Waals surface area contributed by atoms with Crippen LogP contribution in [0.25, 0.3) is 0 Å². The minimum atomic E-state index is -3.63. The number of hydrogen-bond acceptors (Lipinski definition) is 3. The van der Waals surface area contributed by atoms with Crippen LogP contribution in [0.15, 0.2) is 29.2 Å². The predicted octanol–water partition coefficient (Wildman–Crippen LogP) is 4.28. The second-order valence-corrected chi connectivity index (χ2v) is 8.41. The van der Waals surface area contributed by atoms with Gasteiger partial charge in [0.15, 0.2) is 0 Å². The van der Waals surface area contributed by atoms with Gasteiger partial charge >= 0.3 is 0 Å². The molecule has 4 nitrogen and oxygen atoms in total. The van der Waals surface area contributed by atoms with Gasteiger partial charge in [-0.1, -0.05) is 12.1 Å². The molecule has 0 saturated heterocycles. The van der Waals surface area contributed by atoms with Crippen LogP contribution in [-0.4, -0.2) is 15.5 Å². The van der Waals surface area contributed by atoms with Gasteiger partial charge < -0.3 is 4.74 Å². The Labute approximate surface area is 151 Å². The predicted molar refractivity (Wildman–Crippen MR) is 102 cm³/mol. The molecule has 0 saturated carbocycles. The number of hydrogen-bond donors (Lipinski definition) is 1. The van der Waals surface area contributed by atoms with E-state index >= 15 is 0 Å². The molecule has 0 bridgehead atoms. The van der Waals surface area contributed by atoms with Crippen molar-refractivity contribution < 1.29 is 13.2 Å². The Hall–Kier alpha value is -1.85. The Bertz CT molecular complexity index is 902. The van der Waals surface area contributed by atoms with Crippen molar-refractivity contribution in [1.29, 1.82) is 0 Å². The van der Waals surface area contributed by atoms with E-state index < -0.39 is 10.0 Å². The first kappa shape index (κ1) is 19.5. The van der Waals surface area contributed by atoms with Crippen LogP contribution in [0.5, 0.6) is 5.75 Å². The highest BCUT2D eigenvalue weighted by Gasteiger charge is 2.22. The normalized spacial score (nSPS) is 12.9. The first-order chi connectivity index (χ1) is 11.6. The third-order valence-corrected chi connectivity index (χ3v) is 6.35. The van der Waals surface area contributed by atoms with Crippen LogP contribution in [-0.2, 0) is 10.0 Å². The third-order valence-electron chi connectivity index (χ3n) is 4.66. The summed E-state index contributed by atoms with van der Waals surface area (Å²) in [5.41, 5.74) is 5.90. The molecule has 0 fully saturated rings. The van der Waals surface area contributed by atoms with Gasteiger partial charge in [0.05, 0.1) is 12.0 Å². The Balaban J connectivity index is 2.39. The van der Waals surface area contributed by atoms with Crippen LogP contribution in [0.3, 0.4) is 0 Å². The van der Waals surface area contributed by atoms with E-state index in [0.29, 0.717) is 16.2 Å². The van der Waals surface area contributed by atoms with E-state index in [0.717, 1.165) is 22.3 Å². The zero-order valence-corrected chi connectivity index (χ0v) is 16.8. The largest absolute Gasteiger partial charge is 0.496 e. The number of benzene rings is 2. The molecule has 0 heterocycles. The van der Waals surface area contributed by atoms with Crippen molar-refractivity contribution in [2.45, 2.75) is 52.5 Å². The molecular weight excluding hydrogens is 334 g/mol. The highest BCUT2D eigenvalue weighted by atomic mass is 32.2. The van der Waals surface area contributed by atoms with E-state index in [-0.39, 0.29) is 6.04 Å². The summed E-state index contributed by atoms with van der Waals surface area (Å²) in [6.45, 7) is 11.6. The van der Waals surface area contributed by atoms with Gasteiger partial charge in [-0.25, -0.2) is 13.1 Å². The van der Waals surface area contributed by atoms with E-state index in [4.69, 9.17) is 4.74 Å². The molecule has 2 rings (SSSR count). The average molecular weight is 362 g/mol. The monoisotopic (exact) mass is 361 g/mol. The highest BCUT2D eigenvalue weighted by Crippen LogP contribution is 2.28. The maximum Gasteiger partial charge on any atom is 0.241 e. The number of rotatable bonds is 5. The standard InChI is InChI=1S/C20H27NO3S/c1-12-8-14(3)18(9-13(12)2)17(6)21-25(22,23)20-11-15(4)19(24-7)10-16(20)5/h8-11,17,21H,1-7H3/t17-/m1/s1. The van der Waals surface area contributed by atoms with Gasteiger partial charge in [-0.05, 0) is 87.1 Å². The van der Waals surface area contributed by atoms with Gasteiger partial charge in [-0.3, -0.25) is 0 Å².